The number of halogens is 2. The predicted octanol–water partition coefficient (Wildman–Crippen LogP) is 5.90. The van der Waals surface area contributed by atoms with Crippen LogP contribution in [-0.4, -0.2) is 20.4 Å². The first-order valence-corrected chi connectivity index (χ1v) is 14.3. The van der Waals surface area contributed by atoms with Gasteiger partial charge in [-0.15, -0.1) is 20.4 Å². The van der Waals surface area contributed by atoms with Gasteiger partial charge in [0.05, 0.1) is 22.3 Å². The Bertz CT molecular complexity index is 2300. The fourth-order valence-corrected chi connectivity index (χ4v) is 6.28. The second-order valence-corrected chi connectivity index (χ2v) is 11.3. The topological polar surface area (TPSA) is 194 Å². The Morgan fingerprint density at radius 3 is 1.28 bits per heavy atom. The molecule has 212 valence electrons. The summed E-state index contributed by atoms with van der Waals surface area (Å²) in [6.07, 6.45) is 3.25. The normalized spacial score (nSPS) is 15.3. The molecule has 0 radical (unpaired) electrons. The molecule has 0 aliphatic heterocycles. The SMILES string of the molecule is N#C/C(=C1\C(c2ccc(C#N)c(F)c2)=CC2=C1C=C(c1ccc(C#N)c(F)c1)/C2=C(\C#N)c1nnc(C#N)s1)c1nnc(C#N)s1. The number of nitrogens with zero attached hydrogens (tertiary/aromatic N) is 10. The molecule has 2 aliphatic carbocycles. The minimum atomic E-state index is -0.802. The maximum absolute atomic E-state index is 14.9. The fraction of sp³-hybridized carbons (Fsp3) is 0. The van der Waals surface area contributed by atoms with E-state index in [1.54, 1.807) is 24.3 Å². The minimum Gasteiger partial charge on any atom is -0.206 e. The van der Waals surface area contributed by atoms with Crippen molar-refractivity contribution in [2.24, 2.45) is 0 Å². The summed E-state index contributed by atoms with van der Waals surface area (Å²) >= 11 is 1.73. The van der Waals surface area contributed by atoms with Gasteiger partial charge in [-0.25, -0.2) is 8.78 Å². The Morgan fingerprint density at radius 2 is 0.978 bits per heavy atom. The Labute approximate surface area is 266 Å². The zero-order valence-electron chi connectivity index (χ0n) is 22.7. The van der Waals surface area contributed by atoms with Gasteiger partial charge in [-0.1, -0.05) is 34.8 Å². The Balaban J connectivity index is 1.70. The summed E-state index contributed by atoms with van der Waals surface area (Å²) in [6, 6.07) is 19.4. The summed E-state index contributed by atoms with van der Waals surface area (Å²) in [6.45, 7) is 0. The van der Waals surface area contributed by atoms with Crippen LogP contribution in [0.5, 0.6) is 0 Å². The van der Waals surface area contributed by atoms with Crippen molar-refractivity contribution in [3.8, 4) is 36.4 Å². The van der Waals surface area contributed by atoms with E-state index in [0.717, 1.165) is 34.8 Å². The van der Waals surface area contributed by atoms with Crippen molar-refractivity contribution >= 4 is 45.0 Å². The zero-order valence-corrected chi connectivity index (χ0v) is 24.3. The summed E-state index contributed by atoms with van der Waals surface area (Å²) in [5.74, 6) is -1.60. The highest BCUT2D eigenvalue weighted by atomic mass is 32.1. The van der Waals surface area contributed by atoms with Crippen LogP contribution >= 0.6 is 22.7 Å². The van der Waals surface area contributed by atoms with Crippen molar-refractivity contribution in [3.05, 3.63) is 125 Å². The van der Waals surface area contributed by atoms with Crippen molar-refractivity contribution in [3.63, 3.8) is 0 Å². The molecule has 2 heterocycles. The van der Waals surface area contributed by atoms with Crippen LogP contribution in [0.3, 0.4) is 0 Å². The standard InChI is InChI=1S/C32H8F2N10S2/c33-25-5-15(1-3-17(25)9-35)19-7-21-22(29(19)23(11-37)31-43-41-27(13-39)45-31)8-20(16-2-4-18(10-36)26(34)6-16)30(21)24(12-38)32-44-42-28(14-40)46-32/h1-8H/b29-23-,30-24-. The van der Waals surface area contributed by atoms with Crippen molar-refractivity contribution in [1.29, 1.82) is 31.6 Å². The van der Waals surface area contributed by atoms with Crippen LogP contribution in [0.2, 0.25) is 0 Å². The van der Waals surface area contributed by atoms with Gasteiger partial charge in [0, 0.05) is 11.1 Å². The molecule has 2 aromatic heterocycles. The van der Waals surface area contributed by atoms with E-state index in [-0.39, 0.29) is 53.4 Å². The van der Waals surface area contributed by atoms with E-state index < -0.39 is 11.6 Å². The zero-order chi connectivity index (χ0) is 32.5. The van der Waals surface area contributed by atoms with Gasteiger partial charge in [0.25, 0.3) is 0 Å². The molecule has 4 aromatic rings. The van der Waals surface area contributed by atoms with E-state index in [0.29, 0.717) is 33.4 Å². The third-order valence-corrected chi connectivity index (χ3v) is 8.63. The lowest BCUT2D eigenvalue weighted by Gasteiger charge is -2.13. The maximum Gasteiger partial charge on any atom is 0.218 e. The molecule has 0 fully saturated rings. The van der Waals surface area contributed by atoms with E-state index in [1.807, 2.05) is 12.1 Å². The molecule has 2 aromatic carbocycles. The number of allylic oxidation sites excluding steroid dienone is 10. The molecule has 0 spiro atoms. The molecular weight excluding hydrogens is 627 g/mol. The van der Waals surface area contributed by atoms with Crippen molar-refractivity contribution in [1.82, 2.24) is 20.4 Å². The molecule has 10 nitrogen and oxygen atoms in total. The molecule has 0 bridgehead atoms. The molecule has 6 rings (SSSR count). The van der Waals surface area contributed by atoms with E-state index in [2.05, 4.69) is 32.5 Å². The van der Waals surface area contributed by atoms with Crippen LogP contribution in [0, 0.1) is 79.6 Å². The monoisotopic (exact) mass is 634 g/mol. The molecule has 0 N–H and O–H groups in total. The third-order valence-electron chi connectivity index (χ3n) is 6.94. The molecule has 2 aliphatic rings. The summed E-state index contributed by atoms with van der Waals surface area (Å²) in [7, 11) is 0. The molecule has 14 heteroatoms. The average molecular weight is 635 g/mol. The highest BCUT2D eigenvalue weighted by Crippen LogP contribution is 2.53. The van der Waals surface area contributed by atoms with Crippen molar-refractivity contribution in [2.45, 2.75) is 0 Å². The average Bonchev–Trinajstić information content (AvgIpc) is 3.87. The number of aromatic nitrogens is 4. The third kappa shape index (κ3) is 4.72. The molecular formula is C32H8F2N10S2. The highest BCUT2D eigenvalue weighted by molar-refractivity contribution is 7.13. The molecule has 0 amide bonds. The van der Waals surface area contributed by atoms with Crippen LogP contribution in [0.25, 0.3) is 22.3 Å². The van der Waals surface area contributed by atoms with Gasteiger partial charge in [0.1, 0.15) is 48.0 Å². The van der Waals surface area contributed by atoms with Crippen LogP contribution in [0.4, 0.5) is 8.78 Å². The van der Waals surface area contributed by atoms with Crippen LogP contribution < -0.4 is 0 Å². The van der Waals surface area contributed by atoms with Gasteiger partial charge in [-0.3, -0.25) is 0 Å². The number of rotatable bonds is 4. The summed E-state index contributed by atoms with van der Waals surface area (Å²) in [4.78, 5) is 0. The number of benzene rings is 2. The largest absolute Gasteiger partial charge is 0.218 e. The summed E-state index contributed by atoms with van der Waals surface area (Å²) < 4.78 is 29.8. The second-order valence-electron chi connectivity index (χ2n) is 9.33. The van der Waals surface area contributed by atoms with Gasteiger partial charge in [0.2, 0.25) is 10.0 Å². The molecule has 0 saturated heterocycles. The minimum absolute atomic E-state index is 0.00173. The number of hydrogen-bond acceptors (Lipinski definition) is 12. The lowest BCUT2D eigenvalue weighted by molar-refractivity contribution is 0.623. The van der Waals surface area contributed by atoms with E-state index in [9.17, 15) is 40.4 Å². The molecule has 0 saturated carbocycles. The first-order valence-electron chi connectivity index (χ1n) is 12.7. The van der Waals surface area contributed by atoms with Crippen LogP contribution in [-0.2, 0) is 0 Å². The van der Waals surface area contributed by atoms with Crippen molar-refractivity contribution in [2.75, 3.05) is 0 Å². The van der Waals surface area contributed by atoms with Gasteiger partial charge in [-0.2, -0.15) is 31.6 Å². The Kier molecular flexibility index (Phi) is 7.37. The van der Waals surface area contributed by atoms with E-state index in [1.165, 1.54) is 24.3 Å². The van der Waals surface area contributed by atoms with Gasteiger partial charge >= 0.3 is 0 Å². The predicted molar refractivity (Wildman–Crippen MR) is 160 cm³/mol. The second kappa shape index (κ2) is 11.6. The first kappa shape index (κ1) is 29.1. The van der Waals surface area contributed by atoms with E-state index in [4.69, 9.17) is 0 Å². The Morgan fingerprint density at radius 1 is 0.565 bits per heavy atom. The van der Waals surface area contributed by atoms with Crippen LogP contribution in [0.15, 0.2) is 70.8 Å². The van der Waals surface area contributed by atoms with E-state index >= 15 is 0 Å². The Hall–Kier alpha value is -6.94. The first-order chi connectivity index (χ1) is 22.3. The number of hydrogen-bond donors (Lipinski definition) is 0. The molecule has 0 unspecified atom stereocenters. The highest BCUT2D eigenvalue weighted by Gasteiger charge is 2.36. The van der Waals surface area contributed by atoms with Gasteiger partial charge in [-0.05, 0) is 69.8 Å². The van der Waals surface area contributed by atoms with Gasteiger partial charge < -0.3 is 0 Å². The summed E-state index contributed by atoms with van der Waals surface area (Å²) in [5, 5.41) is 73.9. The smallest absolute Gasteiger partial charge is 0.206 e. The molecule has 46 heavy (non-hydrogen) atoms. The van der Waals surface area contributed by atoms with Gasteiger partial charge in [0.15, 0.2) is 10.0 Å². The quantitative estimate of drug-likeness (QED) is 0.244. The summed E-state index contributed by atoms with van der Waals surface area (Å²) in [5.41, 5.74) is 2.14. The maximum atomic E-state index is 14.9. The lowest BCUT2D eigenvalue weighted by atomic mass is 9.89. The molecule has 0 atom stereocenters. The fourth-order valence-electron chi connectivity index (χ4n) is 4.99. The lowest BCUT2D eigenvalue weighted by Crippen LogP contribution is -1.97. The van der Waals surface area contributed by atoms with Crippen molar-refractivity contribution < 1.29 is 8.78 Å². The number of nitriles is 6. The van der Waals surface area contributed by atoms with Crippen LogP contribution in [0.1, 0.15) is 42.3 Å².